The fourth-order valence-electron chi connectivity index (χ4n) is 4.49. The Labute approximate surface area is 167 Å². The number of aromatic amines is 1. The van der Waals surface area contributed by atoms with Crippen LogP contribution < -0.4 is 5.32 Å². The molecule has 148 valence electrons. The van der Waals surface area contributed by atoms with Gasteiger partial charge in [0.2, 0.25) is 0 Å². The molecule has 0 saturated heterocycles. The molecule has 29 heavy (non-hydrogen) atoms. The van der Waals surface area contributed by atoms with Crippen LogP contribution >= 0.6 is 0 Å². The van der Waals surface area contributed by atoms with Gasteiger partial charge < -0.3 is 14.9 Å². The van der Waals surface area contributed by atoms with Crippen molar-refractivity contribution in [2.75, 3.05) is 7.05 Å². The van der Waals surface area contributed by atoms with Crippen LogP contribution in [0.5, 0.6) is 0 Å². The number of amides is 1. The van der Waals surface area contributed by atoms with E-state index in [0.29, 0.717) is 22.6 Å². The summed E-state index contributed by atoms with van der Waals surface area (Å²) in [6.45, 7) is 0. The van der Waals surface area contributed by atoms with Crippen LogP contribution in [0.4, 0.5) is 4.39 Å². The van der Waals surface area contributed by atoms with Gasteiger partial charge >= 0.3 is 0 Å². The van der Waals surface area contributed by atoms with Gasteiger partial charge in [0.25, 0.3) is 5.91 Å². The van der Waals surface area contributed by atoms with Gasteiger partial charge in [-0.05, 0) is 36.6 Å². The van der Waals surface area contributed by atoms with E-state index in [0.717, 1.165) is 16.6 Å². The Morgan fingerprint density at radius 3 is 2.83 bits per heavy atom. The van der Waals surface area contributed by atoms with Crippen molar-refractivity contribution < 1.29 is 9.18 Å². The van der Waals surface area contributed by atoms with Crippen LogP contribution in [0.1, 0.15) is 48.5 Å². The monoisotopic (exact) mass is 391 g/mol. The second-order valence-electron chi connectivity index (χ2n) is 7.63. The summed E-state index contributed by atoms with van der Waals surface area (Å²) < 4.78 is 17.1. The number of fused-ring (bicyclic) bond motifs is 2. The van der Waals surface area contributed by atoms with Gasteiger partial charge in [0.05, 0.1) is 34.7 Å². The number of carbonyl (C=O) groups excluding carboxylic acids is 1. The van der Waals surface area contributed by atoms with Crippen LogP contribution in [0.25, 0.3) is 33.2 Å². The van der Waals surface area contributed by atoms with Crippen molar-refractivity contribution in [3.63, 3.8) is 0 Å². The minimum Gasteiger partial charge on any atom is -0.355 e. The van der Waals surface area contributed by atoms with Gasteiger partial charge in [0.1, 0.15) is 11.4 Å². The van der Waals surface area contributed by atoms with Gasteiger partial charge in [0, 0.05) is 18.7 Å². The summed E-state index contributed by atoms with van der Waals surface area (Å²) in [5, 5.41) is 2.48. The number of benzene rings is 2. The summed E-state index contributed by atoms with van der Waals surface area (Å²) in [5.74, 6) is -1.06. The normalized spacial score (nSPS) is 15.2. The van der Waals surface area contributed by atoms with E-state index in [4.69, 9.17) is 0 Å². The van der Waals surface area contributed by atoms with E-state index in [-0.39, 0.29) is 5.56 Å². The lowest BCUT2D eigenvalue weighted by molar-refractivity contribution is 0.0960. The second-order valence-corrected chi connectivity index (χ2v) is 7.63. The number of halogens is 1. The molecule has 0 bridgehead atoms. The first-order valence-electron chi connectivity index (χ1n) is 10.0. The number of imidazole rings is 2. The van der Waals surface area contributed by atoms with Gasteiger partial charge in [0.15, 0.2) is 0 Å². The molecule has 5 rings (SSSR count). The number of aromatic nitrogens is 4. The standard InChI is InChI=1S/C22H22FN5O/c1-24-22(29)19-16(23)10-15(20-21(19)26-11-25-20)13-7-8-18-17(9-13)27-12-28(18)14-5-3-2-4-6-14/h7-12,14H,2-6H2,1H3,(H,24,29)(H,25,26). The number of hydrogen-bond acceptors (Lipinski definition) is 3. The molecule has 2 heterocycles. The van der Waals surface area contributed by atoms with Crippen molar-refractivity contribution in [1.29, 1.82) is 0 Å². The molecule has 7 heteroatoms. The molecule has 4 aromatic rings. The van der Waals surface area contributed by atoms with Crippen LogP contribution in [-0.4, -0.2) is 32.5 Å². The Hall–Kier alpha value is -3.22. The second kappa shape index (κ2) is 6.99. The molecule has 0 atom stereocenters. The van der Waals surface area contributed by atoms with E-state index in [9.17, 15) is 9.18 Å². The van der Waals surface area contributed by atoms with Gasteiger partial charge in [-0.25, -0.2) is 14.4 Å². The fourth-order valence-corrected chi connectivity index (χ4v) is 4.49. The molecular weight excluding hydrogens is 369 g/mol. The average molecular weight is 391 g/mol. The highest BCUT2D eigenvalue weighted by atomic mass is 19.1. The third-order valence-corrected chi connectivity index (χ3v) is 5.96. The molecule has 1 aliphatic rings. The quantitative estimate of drug-likeness (QED) is 0.537. The predicted octanol–water partition coefficient (Wildman–Crippen LogP) is 4.58. The first-order chi connectivity index (χ1) is 14.2. The third-order valence-electron chi connectivity index (χ3n) is 5.96. The van der Waals surface area contributed by atoms with E-state index in [1.54, 1.807) is 0 Å². The number of hydrogen-bond donors (Lipinski definition) is 2. The fraction of sp³-hybridized carbons (Fsp3) is 0.318. The summed E-state index contributed by atoms with van der Waals surface area (Å²) in [7, 11) is 1.48. The molecule has 0 unspecified atom stereocenters. The lowest BCUT2D eigenvalue weighted by Crippen LogP contribution is -2.20. The van der Waals surface area contributed by atoms with Crippen molar-refractivity contribution in [2.24, 2.45) is 0 Å². The van der Waals surface area contributed by atoms with Crippen molar-refractivity contribution >= 4 is 28.0 Å². The Morgan fingerprint density at radius 1 is 1.21 bits per heavy atom. The number of nitrogens with zero attached hydrogens (tertiary/aromatic N) is 3. The Bertz CT molecular complexity index is 1220. The zero-order valence-corrected chi connectivity index (χ0v) is 16.2. The lowest BCUT2D eigenvalue weighted by atomic mass is 9.95. The predicted molar refractivity (Wildman–Crippen MR) is 110 cm³/mol. The number of carbonyl (C=O) groups is 1. The maximum absolute atomic E-state index is 14.8. The van der Waals surface area contributed by atoms with Crippen LogP contribution in [0, 0.1) is 5.82 Å². The largest absolute Gasteiger partial charge is 0.355 e. The van der Waals surface area contributed by atoms with Gasteiger partial charge in [-0.1, -0.05) is 25.3 Å². The highest BCUT2D eigenvalue weighted by molar-refractivity contribution is 6.08. The first kappa shape index (κ1) is 17.8. The van der Waals surface area contributed by atoms with Gasteiger partial charge in [-0.3, -0.25) is 4.79 Å². The molecule has 1 amide bonds. The number of H-pyrrole nitrogens is 1. The van der Waals surface area contributed by atoms with E-state index in [1.807, 2.05) is 18.5 Å². The van der Waals surface area contributed by atoms with Crippen molar-refractivity contribution in [2.45, 2.75) is 38.1 Å². The molecule has 1 fully saturated rings. The molecule has 1 saturated carbocycles. The summed E-state index contributed by atoms with van der Waals surface area (Å²) in [4.78, 5) is 24.0. The molecule has 0 radical (unpaired) electrons. The van der Waals surface area contributed by atoms with Crippen molar-refractivity contribution in [3.05, 3.63) is 48.3 Å². The third kappa shape index (κ3) is 2.88. The Morgan fingerprint density at radius 2 is 2.03 bits per heavy atom. The lowest BCUT2D eigenvalue weighted by Gasteiger charge is -2.23. The van der Waals surface area contributed by atoms with E-state index >= 15 is 0 Å². The molecule has 1 aliphatic carbocycles. The molecule has 6 nitrogen and oxygen atoms in total. The van der Waals surface area contributed by atoms with Crippen molar-refractivity contribution in [1.82, 2.24) is 24.8 Å². The number of nitrogens with one attached hydrogen (secondary N) is 2. The zero-order valence-electron chi connectivity index (χ0n) is 16.2. The summed E-state index contributed by atoms with van der Waals surface area (Å²) in [6.07, 6.45) is 9.61. The van der Waals surface area contributed by atoms with Crippen LogP contribution in [0.2, 0.25) is 0 Å². The highest BCUT2D eigenvalue weighted by Crippen LogP contribution is 2.34. The van der Waals surface area contributed by atoms with Gasteiger partial charge in [-0.2, -0.15) is 0 Å². The molecular formula is C22H22FN5O. The highest BCUT2D eigenvalue weighted by Gasteiger charge is 2.21. The van der Waals surface area contributed by atoms with Crippen LogP contribution in [0.3, 0.4) is 0 Å². The van der Waals surface area contributed by atoms with E-state index in [1.165, 1.54) is 51.5 Å². The Kier molecular flexibility index (Phi) is 4.30. The molecule has 2 aromatic carbocycles. The SMILES string of the molecule is CNC(=O)c1c(F)cc(-c2ccc3c(c2)ncn3C2CCCCC2)c2nc[nH]c12. The minimum atomic E-state index is -0.580. The molecule has 0 aliphatic heterocycles. The Balaban J connectivity index is 1.62. The van der Waals surface area contributed by atoms with Crippen LogP contribution in [0.15, 0.2) is 36.9 Å². The van der Waals surface area contributed by atoms with E-state index < -0.39 is 11.7 Å². The average Bonchev–Trinajstić information content (AvgIpc) is 3.40. The first-order valence-corrected chi connectivity index (χ1v) is 10.0. The maximum atomic E-state index is 14.8. The smallest absolute Gasteiger partial charge is 0.256 e. The molecule has 0 spiro atoms. The number of rotatable bonds is 3. The molecule has 2 N–H and O–H groups in total. The minimum absolute atomic E-state index is 0.0218. The summed E-state index contributed by atoms with van der Waals surface area (Å²) in [6, 6.07) is 7.88. The van der Waals surface area contributed by atoms with Gasteiger partial charge in [-0.15, -0.1) is 0 Å². The molecule has 2 aromatic heterocycles. The summed E-state index contributed by atoms with van der Waals surface area (Å²) in [5.41, 5.74) is 4.38. The summed E-state index contributed by atoms with van der Waals surface area (Å²) >= 11 is 0. The zero-order chi connectivity index (χ0) is 20.0. The topological polar surface area (TPSA) is 75.6 Å². The van der Waals surface area contributed by atoms with E-state index in [2.05, 4.69) is 30.9 Å². The van der Waals surface area contributed by atoms with Crippen LogP contribution in [-0.2, 0) is 0 Å². The maximum Gasteiger partial charge on any atom is 0.256 e. The van der Waals surface area contributed by atoms with Crippen molar-refractivity contribution in [3.8, 4) is 11.1 Å².